The van der Waals surface area contributed by atoms with E-state index in [0.717, 1.165) is 44.1 Å². The first-order valence-corrected chi connectivity index (χ1v) is 14.7. The summed E-state index contributed by atoms with van der Waals surface area (Å²) in [6.07, 6.45) is 6.99. The molecule has 4 saturated carbocycles. The molecule has 0 aromatic carbocycles. The smallest absolute Gasteiger partial charge is 0.309 e. The lowest BCUT2D eigenvalue weighted by molar-refractivity contribution is -0.210. The highest BCUT2D eigenvalue weighted by Crippen LogP contribution is 2.75. The van der Waals surface area contributed by atoms with E-state index in [9.17, 15) is 24.6 Å². The molecule has 0 spiro atoms. The number of aliphatic carboxylic acids is 1. The van der Waals surface area contributed by atoms with Gasteiger partial charge in [-0.3, -0.25) is 14.4 Å². The molecular formula is C32H48O6. The maximum absolute atomic E-state index is 14.4. The molecule has 2 N–H and O–H groups in total. The fraction of sp³-hybridized carbons (Fsp3) is 0.844. The molecule has 0 bridgehead atoms. The van der Waals surface area contributed by atoms with Crippen molar-refractivity contribution in [2.45, 2.75) is 119 Å². The van der Waals surface area contributed by atoms with Crippen LogP contribution in [0.25, 0.3) is 0 Å². The van der Waals surface area contributed by atoms with Crippen LogP contribution in [0.2, 0.25) is 0 Å². The molecule has 38 heavy (non-hydrogen) atoms. The monoisotopic (exact) mass is 528 g/mol. The van der Waals surface area contributed by atoms with Crippen LogP contribution in [0, 0.1) is 50.2 Å². The number of carboxylic acid groups (broad SMARTS) is 1. The lowest BCUT2D eigenvalue weighted by Gasteiger charge is -2.70. The van der Waals surface area contributed by atoms with Crippen LogP contribution in [-0.2, 0) is 19.1 Å². The molecular weight excluding hydrogens is 480 g/mol. The second-order valence-electron chi connectivity index (χ2n) is 15.6. The number of aliphatic hydroxyl groups is 1. The van der Waals surface area contributed by atoms with Crippen LogP contribution in [0.15, 0.2) is 11.6 Å². The molecule has 10 atom stereocenters. The van der Waals surface area contributed by atoms with Gasteiger partial charge in [0.05, 0.1) is 11.5 Å². The predicted molar refractivity (Wildman–Crippen MR) is 144 cm³/mol. The molecule has 5 rings (SSSR count). The maximum Gasteiger partial charge on any atom is 0.309 e. The van der Waals surface area contributed by atoms with Crippen molar-refractivity contribution < 1.29 is 29.3 Å². The Morgan fingerprint density at radius 2 is 1.58 bits per heavy atom. The highest BCUT2D eigenvalue weighted by molar-refractivity contribution is 5.95. The summed E-state index contributed by atoms with van der Waals surface area (Å²) in [6.45, 7) is 16.6. The van der Waals surface area contributed by atoms with Crippen molar-refractivity contribution >= 4 is 17.7 Å². The molecule has 212 valence electrons. The van der Waals surface area contributed by atoms with Gasteiger partial charge in [-0.2, -0.15) is 0 Å². The number of rotatable bonds is 2. The average molecular weight is 529 g/mol. The van der Waals surface area contributed by atoms with Gasteiger partial charge in [0.1, 0.15) is 6.10 Å². The van der Waals surface area contributed by atoms with E-state index in [1.807, 2.05) is 6.08 Å². The van der Waals surface area contributed by atoms with Crippen LogP contribution in [-0.4, -0.2) is 40.1 Å². The average Bonchev–Trinajstić information content (AvgIpc) is 2.79. The third-order valence-electron chi connectivity index (χ3n) is 13.4. The van der Waals surface area contributed by atoms with Crippen molar-refractivity contribution in [3.63, 3.8) is 0 Å². The first-order valence-electron chi connectivity index (χ1n) is 14.7. The topological polar surface area (TPSA) is 101 Å². The number of fused-ring (bicyclic) bond motifs is 7. The number of aliphatic hydroxyl groups excluding tert-OH is 1. The highest BCUT2D eigenvalue weighted by Gasteiger charge is 2.71. The second-order valence-corrected chi connectivity index (χ2v) is 15.6. The minimum absolute atomic E-state index is 0.127. The molecule has 6 heteroatoms. The van der Waals surface area contributed by atoms with Gasteiger partial charge < -0.3 is 14.9 Å². The zero-order valence-corrected chi connectivity index (χ0v) is 24.6. The molecule has 0 aromatic rings. The Labute approximate surface area is 228 Å². The van der Waals surface area contributed by atoms with E-state index in [2.05, 4.69) is 41.5 Å². The molecule has 0 aromatic heterocycles. The van der Waals surface area contributed by atoms with Crippen molar-refractivity contribution in [3.05, 3.63) is 11.6 Å². The molecule has 0 aliphatic heterocycles. The summed E-state index contributed by atoms with van der Waals surface area (Å²) in [4.78, 5) is 39.0. The zero-order valence-electron chi connectivity index (χ0n) is 24.6. The molecule has 0 radical (unpaired) electrons. The Morgan fingerprint density at radius 1 is 0.921 bits per heavy atom. The van der Waals surface area contributed by atoms with E-state index in [0.29, 0.717) is 12.8 Å². The van der Waals surface area contributed by atoms with Gasteiger partial charge in [0.25, 0.3) is 0 Å². The van der Waals surface area contributed by atoms with E-state index >= 15 is 0 Å². The lowest BCUT2D eigenvalue weighted by atomic mass is 9.33. The Balaban J connectivity index is 1.64. The molecule has 5 aliphatic carbocycles. The maximum atomic E-state index is 14.4. The van der Waals surface area contributed by atoms with Crippen molar-refractivity contribution in [2.24, 2.45) is 50.2 Å². The minimum atomic E-state index is -1.03. The summed E-state index contributed by atoms with van der Waals surface area (Å²) >= 11 is 0. The van der Waals surface area contributed by atoms with Crippen molar-refractivity contribution in [3.8, 4) is 0 Å². The SMILES string of the molecule is CC(=O)O[C@@H]1C[C@](C)(C(=O)O)C[C@@H]2C3=CC(=O)[C@@H]4[C@]5(C)CC[C@@H](O)C(C)(C)[C@H]5CC[C@@]4(C)[C@]3(C)CC[C@]21C. The van der Waals surface area contributed by atoms with Crippen LogP contribution < -0.4 is 0 Å². The molecule has 5 aliphatic rings. The van der Waals surface area contributed by atoms with E-state index in [1.165, 1.54) is 6.92 Å². The number of carboxylic acids is 1. The standard InChI is InChI=1S/C32H48O6/c1-18(33)38-24-17-28(4,26(36)37)16-20-19-15-21(34)25-30(6)11-10-23(35)27(2,3)22(30)9-12-32(25,8)31(19,7)14-13-29(20,24)5/h15,20,22-25,35H,9-14,16-17H2,1-8H3,(H,36,37)/t20-,22-,23-,24-,25-,28-,29-,30-,31-,32-/m1/s1. The van der Waals surface area contributed by atoms with E-state index in [1.54, 1.807) is 6.92 Å². The number of hydrogen-bond donors (Lipinski definition) is 2. The van der Waals surface area contributed by atoms with Crippen molar-refractivity contribution in [1.82, 2.24) is 0 Å². The van der Waals surface area contributed by atoms with Crippen LogP contribution in [0.4, 0.5) is 0 Å². The van der Waals surface area contributed by atoms with E-state index in [-0.39, 0.29) is 57.3 Å². The highest BCUT2D eigenvalue weighted by atomic mass is 16.5. The zero-order chi connectivity index (χ0) is 28.3. The summed E-state index contributed by atoms with van der Waals surface area (Å²) in [5.74, 6) is -1.07. The summed E-state index contributed by atoms with van der Waals surface area (Å²) < 4.78 is 5.86. The van der Waals surface area contributed by atoms with Gasteiger partial charge in [-0.15, -0.1) is 0 Å². The first-order chi connectivity index (χ1) is 17.4. The Hall–Kier alpha value is -1.69. The fourth-order valence-corrected chi connectivity index (χ4v) is 10.8. The normalized spacial score (nSPS) is 51.4. The quantitative estimate of drug-likeness (QED) is 0.429. The fourth-order valence-electron chi connectivity index (χ4n) is 10.8. The van der Waals surface area contributed by atoms with Crippen LogP contribution in [0.3, 0.4) is 0 Å². The van der Waals surface area contributed by atoms with Gasteiger partial charge in [0.15, 0.2) is 5.78 Å². The third-order valence-corrected chi connectivity index (χ3v) is 13.4. The minimum Gasteiger partial charge on any atom is -0.481 e. The van der Waals surface area contributed by atoms with Gasteiger partial charge in [-0.25, -0.2) is 0 Å². The molecule has 4 fully saturated rings. The summed E-state index contributed by atoms with van der Waals surface area (Å²) in [5, 5.41) is 21.2. The third kappa shape index (κ3) is 3.37. The molecule has 6 nitrogen and oxygen atoms in total. The number of ketones is 1. The number of carbonyl (C=O) groups excluding carboxylic acids is 2. The molecule has 0 amide bonds. The number of allylic oxidation sites excluding steroid dienone is 2. The summed E-state index contributed by atoms with van der Waals surface area (Å²) in [5.41, 5.74) is -1.29. The number of ether oxygens (including phenoxy) is 1. The summed E-state index contributed by atoms with van der Waals surface area (Å²) in [7, 11) is 0. The molecule has 0 unspecified atom stereocenters. The Kier molecular flexibility index (Phi) is 5.99. The second kappa shape index (κ2) is 8.17. The number of esters is 1. The van der Waals surface area contributed by atoms with Gasteiger partial charge >= 0.3 is 11.9 Å². The Morgan fingerprint density at radius 3 is 2.18 bits per heavy atom. The number of hydrogen-bond acceptors (Lipinski definition) is 5. The molecule has 0 heterocycles. The first kappa shape index (κ1) is 27.9. The van der Waals surface area contributed by atoms with Gasteiger partial charge in [0.2, 0.25) is 0 Å². The van der Waals surface area contributed by atoms with Crippen LogP contribution in [0.1, 0.15) is 107 Å². The van der Waals surface area contributed by atoms with Crippen LogP contribution in [0.5, 0.6) is 0 Å². The largest absolute Gasteiger partial charge is 0.481 e. The predicted octanol–water partition coefficient (Wildman–Crippen LogP) is 5.95. The van der Waals surface area contributed by atoms with Gasteiger partial charge in [0, 0.05) is 24.7 Å². The summed E-state index contributed by atoms with van der Waals surface area (Å²) in [6, 6.07) is 0. The van der Waals surface area contributed by atoms with Crippen molar-refractivity contribution in [2.75, 3.05) is 0 Å². The van der Waals surface area contributed by atoms with Gasteiger partial charge in [-0.05, 0) is 91.4 Å². The Bertz CT molecular complexity index is 1110. The lowest BCUT2D eigenvalue weighted by Crippen LogP contribution is -2.67. The van der Waals surface area contributed by atoms with Crippen molar-refractivity contribution in [1.29, 1.82) is 0 Å². The van der Waals surface area contributed by atoms with E-state index < -0.39 is 22.9 Å². The van der Waals surface area contributed by atoms with Crippen LogP contribution >= 0.6 is 0 Å². The molecule has 0 saturated heterocycles. The number of carbonyl (C=O) groups is 3. The van der Waals surface area contributed by atoms with Gasteiger partial charge in [-0.1, -0.05) is 47.1 Å². The van der Waals surface area contributed by atoms with E-state index in [4.69, 9.17) is 4.74 Å².